The lowest BCUT2D eigenvalue weighted by Gasteiger charge is -2.20. The molecule has 20 heavy (non-hydrogen) atoms. The van der Waals surface area contributed by atoms with E-state index in [1.807, 2.05) is 6.92 Å². The number of anilines is 1. The minimum absolute atomic E-state index is 0.161. The molecular formula is C13H15Cl2N3O2. The van der Waals surface area contributed by atoms with Crippen molar-refractivity contribution in [2.45, 2.75) is 13.3 Å². The number of hydrogen-bond donors (Lipinski definition) is 2. The van der Waals surface area contributed by atoms with Crippen LogP contribution in [0.15, 0.2) is 17.2 Å². The Morgan fingerprint density at radius 3 is 2.85 bits per heavy atom. The van der Waals surface area contributed by atoms with Crippen molar-refractivity contribution in [3.05, 3.63) is 22.2 Å². The van der Waals surface area contributed by atoms with Gasteiger partial charge in [-0.2, -0.15) is 5.10 Å². The minimum Gasteiger partial charge on any atom is -0.495 e. The highest BCUT2D eigenvalue weighted by Crippen LogP contribution is 2.37. The van der Waals surface area contributed by atoms with Gasteiger partial charge in [-0.15, -0.1) is 0 Å². The van der Waals surface area contributed by atoms with E-state index in [4.69, 9.17) is 27.9 Å². The van der Waals surface area contributed by atoms with E-state index in [1.54, 1.807) is 12.1 Å². The van der Waals surface area contributed by atoms with Crippen LogP contribution in [0.2, 0.25) is 10.0 Å². The van der Waals surface area contributed by atoms with Crippen LogP contribution in [0, 0.1) is 5.92 Å². The van der Waals surface area contributed by atoms with Crippen LogP contribution in [0.4, 0.5) is 5.69 Å². The molecule has 1 saturated heterocycles. The van der Waals surface area contributed by atoms with Crippen LogP contribution in [0.3, 0.4) is 0 Å². The first-order valence-electron chi connectivity index (χ1n) is 6.15. The van der Waals surface area contributed by atoms with Crippen molar-refractivity contribution < 1.29 is 9.53 Å². The summed E-state index contributed by atoms with van der Waals surface area (Å²) in [6, 6.07) is 3.38. The lowest BCUT2D eigenvalue weighted by atomic mass is 10.00. The van der Waals surface area contributed by atoms with E-state index >= 15 is 0 Å². The zero-order valence-corrected chi connectivity index (χ0v) is 12.7. The van der Waals surface area contributed by atoms with E-state index in [9.17, 15) is 4.79 Å². The van der Waals surface area contributed by atoms with Gasteiger partial charge in [0.15, 0.2) is 0 Å². The van der Waals surface area contributed by atoms with Crippen LogP contribution in [0.25, 0.3) is 0 Å². The van der Waals surface area contributed by atoms with Crippen LogP contribution in [-0.2, 0) is 4.79 Å². The smallest absolute Gasteiger partial charge is 0.267 e. The first kappa shape index (κ1) is 14.9. The zero-order chi connectivity index (χ0) is 14.7. The maximum Gasteiger partial charge on any atom is 0.267 e. The maximum atomic E-state index is 11.7. The molecule has 1 aromatic carbocycles. The number of rotatable bonds is 3. The average Bonchev–Trinajstić information content (AvgIpc) is 2.44. The third-order valence-corrected chi connectivity index (χ3v) is 3.86. The Morgan fingerprint density at radius 1 is 1.40 bits per heavy atom. The number of nitrogens with zero attached hydrogens (tertiary/aromatic N) is 1. The van der Waals surface area contributed by atoms with Crippen LogP contribution in [-0.4, -0.2) is 25.3 Å². The van der Waals surface area contributed by atoms with Crippen LogP contribution in [0.1, 0.15) is 13.3 Å². The summed E-state index contributed by atoms with van der Waals surface area (Å²) in [5.41, 5.74) is 3.76. The fourth-order valence-electron chi connectivity index (χ4n) is 1.86. The summed E-state index contributed by atoms with van der Waals surface area (Å²) in [7, 11) is 1.51. The Hall–Kier alpha value is -1.46. The Kier molecular flexibility index (Phi) is 4.73. The molecule has 0 bridgehead atoms. The Bertz CT molecular complexity index is 561. The summed E-state index contributed by atoms with van der Waals surface area (Å²) >= 11 is 12.2. The Morgan fingerprint density at radius 2 is 2.15 bits per heavy atom. The number of carbonyl (C=O) groups excluding carboxylic acids is 1. The first-order chi connectivity index (χ1) is 9.52. The zero-order valence-electron chi connectivity index (χ0n) is 11.2. The summed E-state index contributed by atoms with van der Waals surface area (Å²) in [5, 5.41) is 7.50. The topological polar surface area (TPSA) is 62.7 Å². The van der Waals surface area contributed by atoms with E-state index in [0.29, 0.717) is 46.1 Å². The van der Waals surface area contributed by atoms with Crippen molar-refractivity contribution >= 4 is 40.5 Å². The van der Waals surface area contributed by atoms with Crippen molar-refractivity contribution in [1.82, 2.24) is 5.32 Å². The molecule has 1 heterocycles. The molecule has 1 atom stereocenters. The molecule has 0 aliphatic carbocycles. The van der Waals surface area contributed by atoms with E-state index < -0.39 is 0 Å². The highest BCUT2D eigenvalue weighted by molar-refractivity contribution is 6.44. The molecule has 7 heteroatoms. The van der Waals surface area contributed by atoms with Gasteiger partial charge in [0.2, 0.25) is 0 Å². The molecule has 2 rings (SSSR count). The van der Waals surface area contributed by atoms with Crippen molar-refractivity contribution in [1.29, 1.82) is 0 Å². The second-order valence-corrected chi connectivity index (χ2v) is 5.39. The minimum atomic E-state index is -0.161. The third kappa shape index (κ3) is 3.16. The number of halogens is 2. The molecule has 0 spiro atoms. The van der Waals surface area contributed by atoms with Crippen LogP contribution >= 0.6 is 23.2 Å². The van der Waals surface area contributed by atoms with Crippen molar-refractivity contribution in [2.24, 2.45) is 11.0 Å². The molecule has 108 valence electrons. The molecule has 5 nitrogen and oxygen atoms in total. The highest BCUT2D eigenvalue weighted by atomic mass is 35.5. The second-order valence-electron chi connectivity index (χ2n) is 4.63. The number of nitrogens with one attached hydrogen (secondary N) is 2. The molecule has 1 unspecified atom stereocenters. The third-order valence-electron chi connectivity index (χ3n) is 2.99. The van der Waals surface area contributed by atoms with Gasteiger partial charge in [-0.25, -0.2) is 0 Å². The number of amides is 1. The van der Waals surface area contributed by atoms with Gasteiger partial charge >= 0.3 is 0 Å². The maximum absolute atomic E-state index is 11.7. The number of benzene rings is 1. The molecule has 0 aromatic heterocycles. The SMILES string of the molecule is COc1ccc(NN=C2CC(C)CNC2=O)c(Cl)c1Cl. The number of ether oxygens (including phenoxy) is 1. The van der Waals surface area contributed by atoms with Crippen LogP contribution in [0.5, 0.6) is 5.75 Å². The first-order valence-corrected chi connectivity index (χ1v) is 6.91. The summed E-state index contributed by atoms with van der Waals surface area (Å²) < 4.78 is 5.06. The molecule has 1 fully saturated rings. The van der Waals surface area contributed by atoms with Gasteiger partial charge in [0.25, 0.3) is 5.91 Å². The van der Waals surface area contributed by atoms with Gasteiger partial charge in [-0.05, 0) is 18.1 Å². The second kappa shape index (κ2) is 6.33. The van der Waals surface area contributed by atoms with Crippen molar-refractivity contribution in [3.8, 4) is 5.75 Å². The fourth-order valence-corrected chi connectivity index (χ4v) is 2.30. The van der Waals surface area contributed by atoms with Crippen molar-refractivity contribution in [3.63, 3.8) is 0 Å². The molecule has 1 aliphatic heterocycles. The number of methoxy groups -OCH3 is 1. The van der Waals surface area contributed by atoms with E-state index in [1.165, 1.54) is 7.11 Å². The van der Waals surface area contributed by atoms with Crippen LogP contribution < -0.4 is 15.5 Å². The molecule has 1 aliphatic rings. The predicted molar refractivity (Wildman–Crippen MR) is 80.9 cm³/mol. The molecular weight excluding hydrogens is 301 g/mol. The van der Waals surface area contributed by atoms with Gasteiger partial charge < -0.3 is 10.1 Å². The number of carbonyl (C=O) groups is 1. The van der Waals surface area contributed by atoms with Gasteiger partial charge in [0, 0.05) is 13.0 Å². The van der Waals surface area contributed by atoms with Crippen molar-refractivity contribution in [2.75, 3.05) is 19.1 Å². The molecule has 0 saturated carbocycles. The van der Waals surface area contributed by atoms with E-state index in [0.717, 1.165) is 0 Å². The molecule has 0 radical (unpaired) electrons. The molecule has 1 amide bonds. The molecule has 2 N–H and O–H groups in total. The Balaban J connectivity index is 2.18. The van der Waals surface area contributed by atoms with E-state index in [2.05, 4.69) is 15.8 Å². The summed E-state index contributed by atoms with van der Waals surface area (Å²) in [4.78, 5) is 11.7. The number of hydrogen-bond acceptors (Lipinski definition) is 4. The fraction of sp³-hybridized carbons (Fsp3) is 0.385. The average molecular weight is 316 g/mol. The monoisotopic (exact) mass is 315 g/mol. The summed E-state index contributed by atoms with van der Waals surface area (Å²) in [6.45, 7) is 2.72. The number of hydrazone groups is 1. The quantitative estimate of drug-likeness (QED) is 0.843. The lowest BCUT2D eigenvalue weighted by molar-refractivity contribution is -0.115. The van der Waals surface area contributed by atoms with Gasteiger partial charge in [-0.3, -0.25) is 10.2 Å². The highest BCUT2D eigenvalue weighted by Gasteiger charge is 2.21. The van der Waals surface area contributed by atoms with Gasteiger partial charge in [0.1, 0.15) is 16.5 Å². The largest absolute Gasteiger partial charge is 0.495 e. The number of piperidine rings is 1. The summed E-state index contributed by atoms with van der Waals surface area (Å²) in [6.07, 6.45) is 0.625. The van der Waals surface area contributed by atoms with Gasteiger partial charge in [0.05, 0.1) is 17.8 Å². The standard InChI is InChI=1S/C13H15Cl2N3O2/c1-7-5-9(13(19)16-6-7)18-17-8-3-4-10(20-2)12(15)11(8)14/h3-4,7,17H,5-6H2,1-2H3,(H,16,19). The Labute approximate surface area is 127 Å². The molecule has 1 aromatic rings. The normalized spacial score (nSPS) is 20.7. The van der Waals surface area contributed by atoms with Gasteiger partial charge in [-0.1, -0.05) is 30.1 Å². The predicted octanol–water partition coefficient (Wildman–Crippen LogP) is 2.93. The lowest BCUT2D eigenvalue weighted by Crippen LogP contribution is -2.41. The van der Waals surface area contributed by atoms with E-state index in [-0.39, 0.29) is 5.91 Å². The summed E-state index contributed by atoms with van der Waals surface area (Å²) in [5.74, 6) is 0.688.